The predicted molar refractivity (Wildman–Crippen MR) is 117 cm³/mol. The first-order chi connectivity index (χ1) is 11.7. The molecule has 1 atom stereocenters. The summed E-state index contributed by atoms with van der Waals surface area (Å²) in [4.78, 5) is 8.63. The Bertz CT molecular complexity index is 626. The van der Waals surface area contributed by atoms with Gasteiger partial charge in [0.25, 0.3) is 0 Å². The van der Waals surface area contributed by atoms with Gasteiger partial charge in [-0.05, 0) is 50.3 Å². The minimum Gasteiger partial charge on any atom is -0.356 e. The van der Waals surface area contributed by atoms with E-state index in [-0.39, 0.29) is 24.0 Å². The number of benzene rings is 1. The second-order valence-electron chi connectivity index (χ2n) is 6.13. The zero-order valence-electron chi connectivity index (χ0n) is 15.3. The Morgan fingerprint density at radius 1 is 1.08 bits per heavy atom. The number of hydrogen-bond acceptors (Lipinski definition) is 2. The highest BCUT2D eigenvalue weighted by molar-refractivity contribution is 14.0. The minimum atomic E-state index is 0. The lowest BCUT2D eigenvalue weighted by atomic mass is 10.1. The Morgan fingerprint density at radius 2 is 1.84 bits per heavy atom. The fourth-order valence-corrected chi connectivity index (χ4v) is 2.50. The van der Waals surface area contributed by atoms with Crippen molar-refractivity contribution in [3.8, 4) is 0 Å². The van der Waals surface area contributed by atoms with Crippen LogP contribution in [0.4, 0.5) is 0 Å². The lowest BCUT2D eigenvalue weighted by Gasteiger charge is -2.18. The average molecular weight is 452 g/mol. The number of pyridine rings is 1. The van der Waals surface area contributed by atoms with E-state index in [2.05, 4.69) is 63.9 Å². The van der Waals surface area contributed by atoms with E-state index in [0.717, 1.165) is 37.5 Å². The molecule has 2 rings (SSSR count). The first-order valence-corrected chi connectivity index (χ1v) is 8.60. The zero-order valence-corrected chi connectivity index (χ0v) is 17.7. The second kappa shape index (κ2) is 11.8. The van der Waals surface area contributed by atoms with Gasteiger partial charge in [0.05, 0.1) is 0 Å². The number of guanidine groups is 1. The van der Waals surface area contributed by atoms with E-state index in [1.165, 1.54) is 11.1 Å². The molecular formula is C20H29IN4. The van der Waals surface area contributed by atoms with Crippen molar-refractivity contribution in [1.29, 1.82) is 0 Å². The third kappa shape index (κ3) is 8.34. The van der Waals surface area contributed by atoms with Crippen molar-refractivity contribution < 1.29 is 0 Å². The number of aromatic nitrogens is 1. The van der Waals surface area contributed by atoms with Gasteiger partial charge in [-0.2, -0.15) is 0 Å². The summed E-state index contributed by atoms with van der Waals surface area (Å²) in [5, 5.41) is 6.83. The maximum atomic E-state index is 4.32. The Morgan fingerprint density at radius 3 is 2.48 bits per heavy atom. The molecule has 4 nitrogen and oxygen atoms in total. The number of nitrogens with zero attached hydrogens (tertiary/aromatic N) is 2. The quantitative estimate of drug-likeness (QED) is 0.383. The van der Waals surface area contributed by atoms with Crippen LogP contribution < -0.4 is 10.6 Å². The van der Waals surface area contributed by atoms with E-state index in [4.69, 9.17) is 0 Å². The standard InChI is InChI=1S/C20H28N4.HI/c1-16-9-12-19(15-23-16)13-14-22-20(21-3)24-17(2)10-11-18-7-5-4-6-8-18;/h4-9,12,15,17H,10-11,13-14H2,1-3H3,(H2,21,22,24);1H. The minimum absolute atomic E-state index is 0. The lowest BCUT2D eigenvalue weighted by Crippen LogP contribution is -2.43. The molecule has 0 saturated heterocycles. The molecule has 1 unspecified atom stereocenters. The van der Waals surface area contributed by atoms with E-state index >= 15 is 0 Å². The molecular weight excluding hydrogens is 423 g/mol. The fraction of sp³-hybridized carbons (Fsp3) is 0.400. The molecule has 1 heterocycles. The molecule has 0 amide bonds. The van der Waals surface area contributed by atoms with Crippen molar-refractivity contribution >= 4 is 29.9 Å². The van der Waals surface area contributed by atoms with Crippen LogP contribution >= 0.6 is 24.0 Å². The van der Waals surface area contributed by atoms with Gasteiger partial charge >= 0.3 is 0 Å². The summed E-state index contributed by atoms with van der Waals surface area (Å²) < 4.78 is 0. The molecule has 136 valence electrons. The van der Waals surface area contributed by atoms with Gasteiger partial charge in [0.1, 0.15) is 0 Å². The molecule has 0 aliphatic heterocycles. The van der Waals surface area contributed by atoms with Crippen molar-refractivity contribution in [2.24, 2.45) is 4.99 Å². The molecule has 0 aliphatic carbocycles. The van der Waals surface area contributed by atoms with Gasteiger partial charge in [-0.3, -0.25) is 9.98 Å². The summed E-state index contributed by atoms with van der Waals surface area (Å²) in [7, 11) is 1.81. The largest absolute Gasteiger partial charge is 0.356 e. The van der Waals surface area contributed by atoms with Crippen LogP contribution in [0.25, 0.3) is 0 Å². The van der Waals surface area contributed by atoms with Crippen LogP contribution in [0.1, 0.15) is 30.2 Å². The third-order valence-corrected chi connectivity index (χ3v) is 3.99. The maximum Gasteiger partial charge on any atom is 0.191 e. The molecule has 25 heavy (non-hydrogen) atoms. The summed E-state index contributed by atoms with van der Waals surface area (Å²) >= 11 is 0. The highest BCUT2D eigenvalue weighted by atomic mass is 127. The third-order valence-electron chi connectivity index (χ3n) is 3.99. The Labute approximate surface area is 168 Å². The highest BCUT2D eigenvalue weighted by Gasteiger charge is 2.05. The van der Waals surface area contributed by atoms with Crippen LogP contribution in [-0.4, -0.2) is 30.6 Å². The van der Waals surface area contributed by atoms with Gasteiger partial charge in [-0.25, -0.2) is 0 Å². The monoisotopic (exact) mass is 452 g/mol. The molecule has 5 heteroatoms. The van der Waals surface area contributed by atoms with Crippen LogP contribution in [0.3, 0.4) is 0 Å². The van der Waals surface area contributed by atoms with Gasteiger partial charge in [-0.15, -0.1) is 24.0 Å². The second-order valence-corrected chi connectivity index (χ2v) is 6.13. The smallest absolute Gasteiger partial charge is 0.191 e. The number of halogens is 1. The molecule has 1 aromatic carbocycles. The van der Waals surface area contributed by atoms with Crippen LogP contribution in [0.2, 0.25) is 0 Å². The van der Waals surface area contributed by atoms with Gasteiger partial charge < -0.3 is 10.6 Å². The Balaban J connectivity index is 0.00000312. The van der Waals surface area contributed by atoms with E-state index in [0.29, 0.717) is 6.04 Å². The summed E-state index contributed by atoms with van der Waals surface area (Å²) in [5.41, 5.74) is 3.66. The highest BCUT2D eigenvalue weighted by Crippen LogP contribution is 2.04. The molecule has 0 bridgehead atoms. The first-order valence-electron chi connectivity index (χ1n) is 8.60. The van der Waals surface area contributed by atoms with Gasteiger partial charge in [-0.1, -0.05) is 36.4 Å². The van der Waals surface area contributed by atoms with Crippen LogP contribution in [0.15, 0.2) is 53.7 Å². The van der Waals surface area contributed by atoms with Crippen LogP contribution in [-0.2, 0) is 12.8 Å². The normalized spacial score (nSPS) is 12.2. The molecule has 2 aromatic rings. The van der Waals surface area contributed by atoms with E-state index in [1.54, 1.807) is 0 Å². The average Bonchev–Trinajstić information content (AvgIpc) is 2.61. The zero-order chi connectivity index (χ0) is 17.2. The van der Waals surface area contributed by atoms with Crippen molar-refractivity contribution in [3.05, 3.63) is 65.5 Å². The number of aryl methyl sites for hydroxylation is 2. The summed E-state index contributed by atoms with van der Waals surface area (Å²) in [6, 6.07) is 15.1. The molecule has 0 saturated carbocycles. The molecule has 0 spiro atoms. The number of hydrogen-bond donors (Lipinski definition) is 2. The first kappa shape index (κ1) is 21.4. The summed E-state index contributed by atoms with van der Waals surface area (Å²) in [6.07, 6.45) is 5.02. The fourth-order valence-electron chi connectivity index (χ4n) is 2.50. The van der Waals surface area contributed by atoms with E-state index in [9.17, 15) is 0 Å². The van der Waals surface area contributed by atoms with Crippen molar-refractivity contribution in [2.75, 3.05) is 13.6 Å². The predicted octanol–water partition coefficient (Wildman–Crippen LogP) is 3.74. The molecule has 0 radical (unpaired) electrons. The Kier molecular flexibility index (Phi) is 10.1. The van der Waals surface area contributed by atoms with Crippen LogP contribution in [0.5, 0.6) is 0 Å². The topological polar surface area (TPSA) is 49.3 Å². The van der Waals surface area contributed by atoms with Crippen molar-refractivity contribution in [1.82, 2.24) is 15.6 Å². The van der Waals surface area contributed by atoms with Gasteiger partial charge in [0.2, 0.25) is 0 Å². The van der Waals surface area contributed by atoms with Crippen molar-refractivity contribution in [2.45, 2.75) is 39.2 Å². The Hall–Kier alpha value is -1.63. The molecule has 0 fully saturated rings. The van der Waals surface area contributed by atoms with Crippen LogP contribution in [0, 0.1) is 6.92 Å². The van der Waals surface area contributed by atoms with Gasteiger partial charge in [0.15, 0.2) is 5.96 Å². The summed E-state index contributed by atoms with van der Waals surface area (Å²) in [6.45, 7) is 5.04. The maximum absolute atomic E-state index is 4.32. The number of aliphatic imine (C=N–C) groups is 1. The number of rotatable bonds is 7. The summed E-state index contributed by atoms with van der Waals surface area (Å²) in [5.74, 6) is 0.857. The molecule has 1 aromatic heterocycles. The molecule has 0 aliphatic rings. The molecule has 2 N–H and O–H groups in total. The number of nitrogens with one attached hydrogen (secondary N) is 2. The SMILES string of the molecule is CN=C(NCCc1ccc(C)nc1)NC(C)CCc1ccccc1.I. The van der Waals surface area contributed by atoms with Crippen molar-refractivity contribution in [3.63, 3.8) is 0 Å². The van der Waals surface area contributed by atoms with Gasteiger partial charge in [0, 0.05) is 31.5 Å². The lowest BCUT2D eigenvalue weighted by molar-refractivity contribution is 0.593. The van der Waals surface area contributed by atoms with E-state index < -0.39 is 0 Å². The van der Waals surface area contributed by atoms with E-state index in [1.807, 2.05) is 26.2 Å².